The van der Waals surface area contributed by atoms with Crippen molar-refractivity contribution in [2.24, 2.45) is 10.2 Å². The maximum absolute atomic E-state index is 10.4. The van der Waals surface area contributed by atoms with Crippen LogP contribution < -0.4 is 0 Å². The summed E-state index contributed by atoms with van der Waals surface area (Å²) in [4.78, 5) is 10.4. The summed E-state index contributed by atoms with van der Waals surface area (Å²) >= 11 is 0. The summed E-state index contributed by atoms with van der Waals surface area (Å²) in [7, 11) is 0. The van der Waals surface area contributed by atoms with E-state index in [4.69, 9.17) is 0 Å². The predicted molar refractivity (Wildman–Crippen MR) is 33.1 cm³/mol. The first-order valence-corrected chi connectivity index (χ1v) is 2.96. The fourth-order valence-corrected chi connectivity index (χ4v) is 0.614. The molecule has 1 aliphatic rings. The molecule has 0 aromatic rings. The molecule has 0 bridgehead atoms. The Hall–Kier alpha value is -0.990. The zero-order valence-corrected chi connectivity index (χ0v) is 5.24. The lowest BCUT2D eigenvalue weighted by atomic mass is 10.2. The minimum absolute atomic E-state index is 0.127. The third kappa shape index (κ3) is 1.45. The molecule has 0 aromatic carbocycles. The number of nitrogens with zero attached hydrogens (tertiary/aromatic N) is 2. The van der Waals surface area contributed by atoms with Crippen molar-refractivity contribution >= 4 is 5.91 Å². The Balaban J connectivity index is 2.58. The Kier molecular flexibility index (Phi) is 1.72. The summed E-state index contributed by atoms with van der Waals surface area (Å²) < 4.78 is 0. The van der Waals surface area contributed by atoms with Gasteiger partial charge in [0.15, 0.2) is 0 Å². The Bertz CT molecular complexity index is 156. The largest absolute Gasteiger partial charge is 0.287 e. The molecule has 3 nitrogen and oxygen atoms in total. The number of azo groups is 1. The van der Waals surface area contributed by atoms with E-state index in [1.807, 2.05) is 6.92 Å². The molecule has 1 amide bonds. The quantitative estimate of drug-likeness (QED) is 0.519. The second kappa shape index (κ2) is 2.53. The van der Waals surface area contributed by atoms with Crippen molar-refractivity contribution in [3.8, 4) is 0 Å². The van der Waals surface area contributed by atoms with Gasteiger partial charge in [-0.3, -0.25) is 4.79 Å². The maximum Gasteiger partial charge on any atom is 0.287 e. The summed E-state index contributed by atoms with van der Waals surface area (Å²) in [5, 5.41) is 7.10. The average molecular weight is 124 g/mol. The zero-order chi connectivity index (χ0) is 6.69. The van der Waals surface area contributed by atoms with E-state index in [9.17, 15) is 4.79 Å². The van der Waals surface area contributed by atoms with Crippen LogP contribution in [0.2, 0.25) is 0 Å². The summed E-state index contributed by atoms with van der Waals surface area (Å²) in [6.07, 6.45) is 4.14. The highest BCUT2D eigenvalue weighted by molar-refractivity contribution is 5.88. The van der Waals surface area contributed by atoms with Gasteiger partial charge in [0.2, 0.25) is 0 Å². The first kappa shape index (κ1) is 6.13. The van der Waals surface area contributed by atoms with Crippen LogP contribution in [0.3, 0.4) is 0 Å². The molecule has 0 radical (unpaired) electrons. The van der Waals surface area contributed by atoms with E-state index in [0.717, 1.165) is 6.42 Å². The molecule has 1 aliphatic heterocycles. The van der Waals surface area contributed by atoms with Gasteiger partial charge >= 0.3 is 0 Å². The van der Waals surface area contributed by atoms with E-state index >= 15 is 0 Å². The number of hydrogen-bond donors (Lipinski definition) is 0. The van der Waals surface area contributed by atoms with Gasteiger partial charge in [-0.25, -0.2) is 0 Å². The molecule has 0 aliphatic carbocycles. The lowest BCUT2D eigenvalue weighted by molar-refractivity contribution is -0.114. The SMILES string of the molecule is CCC1C=CC(=O)N=N1. The van der Waals surface area contributed by atoms with Crippen molar-refractivity contribution < 1.29 is 4.79 Å². The summed E-state index contributed by atoms with van der Waals surface area (Å²) in [6, 6.07) is 0.127. The van der Waals surface area contributed by atoms with Crippen LogP contribution in [-0.4, -0.2) is 11.9 Å². The Morgan fingerprint density at radius 1 is 1.78 bits per heavy atom. The molecule has 48 valence electrons. The van der Waals surface area contributed by atoms with Gasteiger partial charge in [0.25, 0.3) is 5.91 Å². The first-order valence-electron chi connectivity index (χ1n) is 2.96. The number of carbonyl (C=O) groups excluding carboxylic acids is 1. The summed E-state index contributed by atoms with van der Waals surface area (Å²) in [6.45, 7) is 2.00. The van der Waals surface area contributed by atoms with E-state index in [-0.39, 0.29) is 11.9 Å². The van der Waals surface area contributed by atoms with E-state index in [1.165, 1.54) is 6.08 Å². The van der Waals surface area contributed by atoms with Crippen LogP contribution in [0.5, 0.6) is 0 Å². The van der Waals surface area contributed by atoms with Gasteiger partial charge in [-0.05, 0) is 6.42 Å². The molecular formula is C6H8N2O. The molecule has 1 rings (SSSR count). The van der Waals surface area contributed by atoms with Crippen molar-refractivity contribution in [1.29, 1.82) is 0 Å². The molecular weight excluding hydrogens is 116 g/mol. The third-order valence-electron chi connectivity index (χ3n) is 1.18. The van der Waals surface area contributed by atoms with Crippen molar-refractivity contribution in [3.63, 3.8) is 0 Å². The summed E-state index contributed by atoms with van der Waals surface area (Å²) in [5.41, 5.74) is 0. The summed E-state index contributed by atoms with van der Waals surface area (Å²) in [5.74, 6) is -0.250. The number of hydrogen-bond acceptors (Lipinski definition) is 2. The topological polar surface area (TPSA) is 41.8 Å². The fourth-order valence-electron chi connectivity index (χ4n) is 0.614. The smallest absolute Gasteiger partial charge is 0.266 e. The van der Waals surface area contributed by atoms with E-state index in [2.05, 4.69) is 10.2 Å². The molecule has 0 saturated carbocycles. The van der Waals surface area contributed by atoms with E-state index < -0.39 is 0 Å². The monoisotopic (exact) mass is 124 g/mol. The molecule has 1 heterocycles. The molecule has 0 fully saturated rings. The lowest BCUT2D eigenvalue weighted by Gasteiger charge is -2.02. The van der Waals surface area contributed by atoms with E-state index in [1.54, 1.807) is 6.08 Å². The van der Waals surface area contributed by atoms with Gasteiger partial charge in [0, 0.05) is 6.08 Å². The van der Waals surface area contributed by atoms with Crippen LogP contribution in [-0.2, 0) is 4.79 Å². The highest BCUT2D eigenvalue weighted by Gasteiger charge is 2.04. The Morgan fingerprint density at radius 2 is 2.56 bits per heavy atom. The molecule has 0 N–H and O–H groups in total. The highest BCUT2D eigenvalue weighted by atomic mass is 16.1. The van der Waals surface area contributed by atoms with Gasteiger partial charge in [0.05, 0.1) is 6.04 Å². The van der Waals surface area contributed by atoms with Crippen LogP contribution >= 0.6 is 0 Å². The minimum atomic E-state index is -0.250. The first-order chi connectivity index (χ1) is 4.33. The fraction of sp³-hybridized carbons (Fsp3) is 0.500. The second-order valence-electron chi connectivity index (χ2n) is 1.89. The number of carbonyl (C=O) groups is 1. The van der Waals surface area contributed by atoms with Crippen molar-refractivity contribution in [2.75, 3.05) is 0 Å². The molecule has 9 heavy (non-hydrogen) atoms. The van der Waals surface area contributed by atoms with Crippen LogP contribution in [0, 0.1) is 0 Å². The van der Waals surface area contributed by atoms with E-state index in [0.29, 0.717) is 0 Å². The van der Waals surface area contributed by atoms with Gasteiger partial charge in [-0.15, -0.1) is 5.11 Å². The van der Waals surface area contributed by atoms with Crippen LogP contribution in [0.25, 0.3) is 0 Å². The van der Waals surface area contributed by atoms with Gasteiger partial charge in [0.1, 0.15) is 0 Å². The van der Waals surface area contributed by atoms with Crippen molar-refractivity contribution in [1.82, 2.24) is 0 Å². The number of amides is 1. The van der Waals surface area contributed by atoms with Crippen LogP contribution in [0.1, 0.15) is 13.3 Å². The van der Waals surface area contributed by atoms with Gasteiger partial charge in [-0.1, -0.05) is 13.0 Å². The normalized spacial score (nSPS) is 25.0. The number of rotatable bonds is 1. The van der Waals surface area contributed by atoms with Crippen LogP contribution in [0.4, 0.5) is 0 Å². The Morgan fingerprint density at radius 3 is 3.00 bits per heavy atom. The van der Waals surface area contributed by atoms with Gasteiger partial charge in [-0.2, -0.15) is 5.11 Å². The molecule has 3 heteroatoms. The molecule has 0 aromatic heterocycles. The average Bonchev–Trinajstić information content (AvgIpc) is 1.90. The highest BCUT2D eigenvalue weighted by Crippen LogP contribution is 2.04. The zero-order valence-electron chi connectivity index (χ0n) is 5.24. The van der Waals surface area contributed by atoms with Crippen molar-refractivity contribution in [3.05, 3.63) is 12.2 Å². The predicted octanol–water partition coefficient (Wildman–Crippen LogP) is 1.31. The third-order valence-corrected chi connectivity index (χ3v) is 1.18. The molecule has 0 spiro atoms. The Labute approximate surface area is 53.5 Å². The molecule has 1 unspecified atom stereocenters. The minimum Gasteiger partial charge on any atom is -0.266 e. The second-order valence-corrected chi connectivity index (χ2v) is 1.89. The maximum atomic E-state index is 10.4. The molecule has 1 atom stereocenters. The lowest BCUT2D eigenvalue weighted by Crippen LogP contribution is -2.03. The molecule has 0 saturated heterocycles. The van der Waals surface area contributed by atoms with Crippen molar-refractivity contribution in [2.45, 2.75) is 19.4 Å². The van der Waals surface area contributed by atoms with Gasteiger partial charge < -0.3 is 0 Å². The standard InChI is InChI=1S/C6H8N2O/c1-2-5-3-4-6(9)8-7-5/h3-5H,2H2,1H3. The van der Waals surface area contributed by atoms with Crippen LogP contribution in [0.15, 0.2) is 22.4 Å².